The van der Waals surface area contributed by atoms with Crippen LogP contribution in [0.25, 0.3) is 0 Å². The van der Waals surface area contributed by atoms with E-state index in [1.807, 2.05) is 6.92 Å². The first kappa shape index (κ1) is 19.7. The van der Waals surface area contributed by atoms with E-state index in [1.54, 1.807) is 0 Å². The average Bonchev–Trinajstić information content (AvgIpc) is 3.51. The van der Waals surface area contributed by atoms with E-state index in [9.17, 15) is 0 Å². The molecule has 1 aromatic rings. The van der Waals surface area contributed by atoms with Gasteiger partial charge in [-0.1, -0.05) is 12.1 Å². The molecule has 0 amide bonds. The van der Waals surface area contributed by atoms with Crippen molar-refractivity contribution in [3.05, 3.63) is 17.0 Å². The van der Waals surface area contributed by atoms with Crippen LogP contribution in [0, 0.1) is 42.9 Å². The summed E-state index contributed by atoms with van der Waals surface area (Å²) in [5.41, 5.74) is 2.38. The van der Waals surface area contributed by atoms with Crippen LogP contribution in [0.4, 0.5) is 0 Å². The van der Waals surface area contributed by atoms with Gasteiger partial charge in [0.25, 0.3) is 0 Å². The van der Waals surface area contributed by atoms with E-state index in [2.05, 4.69) is 19.0 Å². The van der Waals surface area contributed by atoms with Gasteiger partial charge in [0.05, 0.1) is 32.1 Å². The fourth-order valence-electron chi connectivity index (χ4n) is 8.15. The molecule has 166 valence electrons. The molecular weight excluding hydrogens is 382 g/mol. The van der Waals surface area contributed by atoms with Crippen LogP contribution in [0.5, 0.6) is 0 Å². The van der Waals surface area contributed by atoms with E-state index < -0.39 is 5.79 Å². The third-order valence-corrected chi connectivity index (χ3v) is 9.58. The summed E-state index contributed by atoms with van der Waals surface area (Å²) in [7, 11) is 0. The van der Waals surface area contributed by atoms with Gasteiger partial charge in [-0.05, 0) is 63.7 Å². The fraction of sp³-hybridized carbons (Fsp3) is 0.875. The largest absolute Gasteiger partial charge is 0.361 e. The predicted octanol–water partition coefficient (Wildman–Crippen LogP) is 4.17. The van der Waals surface area contributed by atoms with E-state index in [0.29, 0.717) is 36.9 Å². The van der Waals surface area contributed by atoms with E-state index in [0.717, 1.165) is 50.4 Å². The third kappa shape index (κ3) is 2.54. The summed E-state index contributed by atoms with van der Waals surface area (Å²) >= 11 is 0. The van der Waals surface area contributed by atoms with Crippen LogP contribution in [0.15, 0.2) is 4.52 Å². The van der Waals surface area contributed by atoms with Gasteiger partial charge in [-0.25, -0.2) is 0 Å². The number of nitrogens with zero attached hydrogens (tertiary/aromatic N) is 1. The van der Waals surface area contributed by atoms with Crippen molar-refractivity contribution in [3.8, 4) is 0 Å². The van der Waals surface area contributed by atoms with Gasteiger partial charge in [0.15, 0.2) is 11.6 Å². The highest BCUT2D eigenvalue weighted by molar-refractivity contribution is 5.23. The van der Waals surface area contributed by atoms with Crippen LogP contribution in [0.3, 0.4) is 0 Å². The molecule has 0 radical (unpaired) electrons. The Labute approximate surface area is 178 Å². The zero-order valence-electron chi connectivity index (χ0n) is 18.6. The zero-order valence-corrected chi connectivity index (χ0v) is 18.6. The highest BCUT2D eigenvalue weighted by Gasteiger charge is 2.67. The van der Waals surface area contributed by atoms with Crippen molar-refractivity contribution in [2.75, 3.05) is 26.4 Å². The molecule has 2 aliphatic heterocycles. The lowest BCUT2D eigenvalue weighted by Crippen LogP contribution is -2.58. The van der Waals surface area contributed by atoms with Crippen molar-refractivity contribution in [3.63, 3.8) is 0 Å². The van der Waals surface area contributed by atoms with Crippen molar-refractivity contribution >= 4 is 0 Å². The standard InChI is InChI=1S/C24H35NO5/c1-15-19(16(2)30-25-15)14-21-18-4-7-22(3)20(6-9-24(22)28-12-13-29-24)17(18)5-8-23(21)26-10-11-27-23/h17-18,20-21H,4-14H2,1-3H3/t17-,18-,20+,21?,22+/m1/s1. The van der Waals surface area contributed by atoms with E-state index in [4.69, 9.17) is 23.5 Å². The van der Waals surface area contributed by atoms with Crippen molar-refractivity contribution < 1.29 is 23.5 Å². The molecule has 0 bridgehead atoms. The monoisotopic (exact) mass is 417 g/mol. The Hall–Kier alpha value is -0.950. The van der Waals surface area contributed by atoms with E-state index in [1.165, 1.54) is 24.8 Å². The van der Waals surface area contributed by atoms with Crippen LogP contribution >= 0.6 is 0 Å². The van der Waals surface area contributed by atoms with Crippen molar-refractivity contribution in [1.29, 1.82) is 0 Å². The first-order valence-electron chi connectivity index (χ1n) is 12.0. The Morgan fingerprint density at radius 2 is 1.57 bits per heavy atom. The topological polar surface area (TPSA) is 63.0 Å². The maximum Gasteiger partial charge on any atom is 0.174 e. The number of fused-ring (bicyclic) bond motifs is 4. The van der Waals surface area contributed by atoms with Crippen LogP contribution in [0.2, 0.25) is 0 Å². The van der Waals surface area contributed by atoms with Gasteiger partial charge in [-0.3, -0.25) is 0 Å². The van der Waals surface area contributed by atoms with Crippen molar-refractivity contribution in [2.45, 2.75) is 77.3 Å². The van der Waals surface area contributed by atoms with Gasteiger partial charge in [-0.2, -0.15) is 0 Å². The molecule has 5 atom stereocenters. The number of aryl methyl sites for hydroxylation is 2. The van der Waals surface area contributed by atoms with Crippen LogP contribution < -0.4 is 0 Å². The predicted molar refractivity (Wildman–Crippen MR) is 109 cm³/mol. The minimum atomic E-state index is -0.429. The summed E-state index contributed by atoms with van der Waals surface area (Å²) in [6, 6.07) is 0. The summed E-state index contributed by atoms with van der Waals surface area (Å²) in [4.78, 5) is 0. The Bertz CT molecular complexity index is 789. The lowest BCUT2D eigenvalue weighted by molar-refractivity contribution is -0.270. The Morgan fingerprint density at radius 1 is 0.867 bits per heavy atom. The highest BCUT2D eigenvalue weighted by Crippen LogP contribution is 2.67. The first-order chi connectivity index (χ1) is 14.5. The molecule has 0 N–H and O–H groups in total. The number of rotatable bonds is 2. The Balaban J connectivity index is 1.34. The molecule has 1 aromatic heterocycles. The van der Waals surface area contributed by atoms with E-state index >= 15 is 0 Å². The average molecular weight is 418 g/mol. The maximum atomic E-state index is 6.38. The van der Waals surface area contributed by atoms with Crippen molar-refractivity contribution in [1.82, 2.24) is 5.16 Å². The minimum absolute atomic E-state index is 0.125. The van der Waals surface area contributed by atoms with Crippen LogP contribution in [-0.4, -0.2) is 43.2 Å². The molecule has 3 saturated carbocycles. The molecule has 6 rings (SSSR count). The maximum absolute atomic E-state index is 6.38. The second-order valence-electron chi connectivity index (χ2n) is 10.5. The zero-order chi connectivity index (χ0) is 20.6. The molecule has 0 aromatic carbocycles. The number of hydrogen-bond donors (Lipinski definition) is 0. The number of aromatic nitrogens is 1. The van der Waals surface area contributed by atoms with E-state index in [-0.39, 0.29) is 11.2 Å². The smallest absolute Gasteiger partial charge is 0.174 e. The quantitative estimate of drug-likeness (QED) is 0.720. The first-order valence-corrected chi connectivity index (χ1v) is 12.0. The van der Waals surface area contributed by atoms with Gasteiger partial charge >= 0.3 is 0 Å². The molecule has 2 spiro atoms. The summed E-state index contributed by atoms with van der Waals surface area (Å²) < 4.78 is 30.9. The van der Waals surface area contributed by atoms with Crippen LogP contribution in [0.1, 0.15) is 62.5 Å². The van der Waals surface area contributed by atoms with Crippen LogP contribution in [-0.2, 0) is 25.4 Å². The summed E-state index contributed by atoms with van der Waals surface area (Å²) in [6.45, 7) is 9.45. The summed E-state index contributed by atoms with van der Waals surface area (Å²) in [5, 5.41) is 4.22. The SMILES string of the molecule is Cc1noc(C)c1CC1[C@@H]2CC[C@@]3(C)[C@@H](CCC34OCCO4)[C@@H]2CCC12OCCO2. The fourth-order valence-corrected chi connectivity index (χ4v) is 8.15. The Kier molecular flexibility index (Phi) is 4.45. The molecule has 1 unspecified atom stereocenters. The third-order valence-electron chi connectivity index (χ3n) is 9.58. The Morgan fingerprint density at radius 3 is 2.27 bits per heavy atom. The normalized spacial score (nSPS) is 41.4. The summed E-state index contributed by atoms with van der Waals surface area (Å²) in [5.74, 6) is 2.45. The summed E-state index contributed by atoms with van der Waals surface area (Å²) in [6.07, 6.45) is 7.71. The minimum Gasteiger partial charge on any atom is -0.361 e. The molecular formula is C24H35NO5. The van der Waals surface area contributed by atoms with Gasteiger partial charge in [0.2, 0.25) is 0 Å². The van der Waals surface area contributed by atoms with Gasteiger partial charge in [-0.15, -0.1) is 0 Å². The number of ether oxygens (including phenoxy) is 4. The molecule has 3 aliphatic carbocycles. The lowest BCUT2D eigenvalue weighted by Gasteiger charge is -2.57. The second kappa shape index (κ2) is 6.77. The van der Waals surface area contributed by atoms with Gasteiger partial charge in [0, 0.05) is 29.7 Å². The second-order valence-corrected chi connectivity index (χ2v) is 10.5. The van der Waals surface area contributed by atoms with Crippen molar-refractivity contribution in [2.24, 2.45) is 29.1 Å². The van der Waals surface area contributed by atoms with Gasteiger partial charge in [0.1, 0.15) is 5.76 Å². The highest BCUT2D eigenvalue weighted by atomic mass is 16.7. The van der Waals surface area contributed by atoms with Gasteiger partial charge < -0.3 is 23.5 Å². The molecule has 5 aliphatic rings. The lowest BCUT2D eigenvalue weighted by atomic mass is 9.51. The molecule has 2 saturated heterocycles. The molecule has 6 nitrogen and oxygen atoms in total. The molecule has 5 fully saturated rings. The molecule has 30 heavy (non-hydrogen) atoms. The molecule has 3 heterocycles. The molecule has 6 heteroatoms. The number of hydrogen-bond acceptors (Lipinski definition) is 6.